The summed E-state index contributed by atoms with van der Waals surface area (Å²) in [5, 5.41) is 3.26. The van der Waals surface area contributed by atoms with E-state index in [0.717, 1.165) is 18.4 Å². The third-order valence-corrected chi connectivity index (χ3v) is 4.36. The maximum Gasteiger partial charge on any atom is 0.307 e. The highest BCUT2D eigenvalue weighted by Crippen LogP contribution is 2.31. The summed E-state index contributed by atoms with van der Waals surface area (Å²) in [7, 11) is 1.50. The summed E-state index contributed by atoms with van der Waals surface area (Å²) in [5.74, 6) is -0.112. The number of ether oxygens (including phenoxy) is 2. The fourth-order valence-electron chi connectivity index (χ4n) is 2.54. The molecule has 1 aliphatic carbocycles. The van der Waals surface area contributed by atoms with Crippen molar-refractivity contribution in [1.29, 1.82) is 0 Å². The number of carbonyl (C=O) groups excluding carboxylic acids is 2. The van der Waals surface area contributed by atoms with Crippen molar-refractivity contribution >= 4 is 29.2 Å². The third-order valence-electron chi connectivity index (χ3n) is 3.96. The van der Waals surface area contributed by atoms with Gasteiger partial charge in [0.15, 0.2) is 6.10 Å². The van der Waals surface area contributed by atoms with Gasteiger partial charge in [-0.2, -0.15) is 0 Å². The van der Waals surface area contributed by atoms with Crippen LogP contribution >= 0.6 is 11.6 Å². The van der Waals surface area contributed by atoms with Crippen molar-refractivity contribution in [2.45, 2.75) is 39.2 Å². The molecule has 0 heterocycles. The highest BCUT2D eigenvalue weighted by molar-refractivity contribution is 6.31. The number of hydrogen-bond donors (Lipinski definition) is 1. The minimum absolute atomic E-state index is 0.215. The second kappa shape index (κ2) is 8.20. The summed E-state index contributed by atoms with van der Waals surface area (Å²) in [4.78, 5) is 24.2. The van der Waals surface area contributed by atoms with Gasteiger partial charge < -0.3 is 14.8 Å². The number of esters is 1. The molecule has 0 saturated heterocycles. The lowest BCUT2D eigenvalue weighted by Crippen LogP contribution is -2.30. The minimum atomic E-state index is -0.886. The molecule has 0 fully saturated rings. The van der Waals surface area contributed by atoms with E-state index >= 15 is 0 Å². The van der Waals surface area contributed by atoms with E-state index in [0.29, 0.717) is 22.9 Å². The van der Waals surface area contributed by atoms with Gasteiger partial charge in [-0.05, 0) is 44.2 Å². The molecule has 0 bridgehead atoms. The van der Waals surface area contributed by atoms with Crippen LogP contribution in [0.3, 0.4) is 0 Å². The molecule has 1 amide bonds. The van der Waals surface area contributed by atoms with Crippen molar-refractivity contribution in [2.75, 3.05) is 12.4 Å². The van der Waals surface area contributed by atoms with Gasteiger partial charge in [0.2, 0.25) is 0 Å². The molecule has 24 heavy (non-hydrogen) atoms. The predicted octanol–water partition coefficient (Wildman–Crippen LogP) is 3.88. The molecular weight excluding hydrogens is 330 g/mol. The first-order valence-corrected chi connectivity index (χ1v) is 8.29. The Morgan fingerprint density at radius 2 is 2.17 bits per heavy atom. The van der Waals surface area contributed by atoms with Crippen LogP contribution in [0.2, 0.25) is 5.02 Å². The average Bonchev–Trinajstić information content (AvgIpc) is 3.03. The number of benzene rings is 1. The normalized spacial score (nSPS) is 17.4. The Balaban J connectivity index is 1.94. The van der Waals surface area contributed by atoms with E-state index in [1.54, 1.807) is 19.1 Å². The number of anilines is 1. The van der Waals surface area contributed by atoms with Crippen molar-refractivity contribution in [3.63, 3.8) is 0 Å². The number of nitrogens with one attached hydrogen (secondary N) is 1. The van der Waals surface area contributed by atoms with Crippen molar-refractivity contribution in [3.05, 3.63) is 34.9 Å². The molecule has 0 radical (unpaired) electrons. The van der Waals surface area contributed by atoms with Gasteiger partial charge in [-0.3, -0.25) is 9.59 Å². The lowest BCUT2D eigenvalue weighted by Gasteiger charge is -2.17. The zero-order valence-electron chi connectivity index (χ0n) is 14.1. The summed E-state index contributed by atoms with van der Waals surface area (Å²) in [5.41, 5.74) is 1.30. The third kappa shape index (κ3) is 4.74. The Kier molecular flexibility index (Phi) is 6.26. The van der Waals surface area contributed by atoms with E-state index in [1.165, 1.54) is 7.11 Å². The molecule has 0 aromatic heterocycles. The van der Waals surface area contributed by atoms with Crippen molar-refractivity contribution < 1.29 is 19.1 Å². The molecule has 0 saturated carbocycles. The van der Waals surface area contributed by atoms with Gasteiger partial charge >= 0.3 is 5.97 Å². The Morgan fingerprint density at radius 1 is 1.42 bits per heavy atom. The quantitative estimate of drug-likeness (QED) is 0.624. The van der Waals surface area contributed by atoms with Gasteiger partial charge in [-0.25, -0.2) is 0 Å². The molecule has 1 aliphatic rings. The van der Waals surface area contributed by atoms with Crippen LogP contribution in [0, 0.1) is 12.8 Å². The molecule has 1 aromatic rings. The number of halogens is 1. The van der Waals surface area contributed by atoms with Crippen LogP contribution in [0.15, 0.2) is 24.3 Å². The summed E-state index contributed by atoms with van der Waals surface area (Å²) in [6, 6.07) is 3.35. The maximum absolute atomic E-state index is 12.3. The first-order chi connectivity index (χ1) is 11.4. The largest absolute Gasteiger partial charge is 0.495 e. The van der Waals surface area contributed by atoms with E-state index in [2.05, 4.69) is 11.4 Å². The highest BCUT2D eigenvalue weighted by Gasteiger charge is 2.22. The zero-order chi connectivity index (χ0) is 17.7. The van der Waals surface area contributed by atoms with Crippen LogP contribution in [0.5, 0.6) is 5.75 Å². The van der Waals surface area contributed by atoms with Crippen LogP contribution in [-0.2, 0) is 14.3 Å². The lowest BCUT2D eigenvalue weighted by atomic mass is 10.1. The molecule has 0 spiro atoms. The fraction of sp³-hybridized carbons (Fsp3) is 0.444. The lowest BCUT2D eigenvalue weighted by molar-refractivity contribution is -0.153. The number of allylic oxidation sites excluding steroid dienone is 2. The van der Waals surface area contributed by atoms with Crippen molar-refractivity contribution in [2.24, 2.45) is 5.92 Å². The topological polar surface area (TPSA) is 64.6 Å². The summed E-state index contributed by atoms with van der Waals surface area (Å²) in [6.07, 6.45) is 5.44. The standard InChI is InChI=1S/C18H22ClNO4/c1-11-8-15(16(23-3)10-14(11)19)20-18(22)12(2)24-17(21)9-13-6-4-5-7-13/h4,6,8,10,12-13H,5,7,9H2,1-3H3,(H,20,22)/t12-,13-/m0/s1. The molecule has 0 aliphatic heterocycles. The molecule has 0 unspecified atom stereocenters. The van der Waals surface area contributed by atoms with Gasteiger partial charge in [0.05, 0.1) is 19.2 Å². The van der Waals surface area contributed by atoms with E-state index in [1.807, 2.05) is 13.0 Å². The van der Waals surface area contributed by atoms with Gasteiger partial charge in [-0.15, -0.1) is 0 Å². The van der Waals surface area contributed by atoms with E-state index in [9.17, 15) is 9.59 Å². The summed E-state index contributed by atoms with van der Waals surface area (Å²) in [6.45, 7) is 3.38. The molecule has 1 N–H and O–H groups in total. The summed E-state index contributed by atoms with van der Waals surface area (Å²) >= 11 is 6.05. The van der Waals surface area contributed by atoms with Gasteiger partial charge in [0.25, 0.3) is 5.91 Å². The van der Waals surface area contributed by atoms with Crippen LogP contribution < -0.4 is 10.1 Å². The molecule has 6 heteroatoms. The van der Waals surface area contributed by atoms with Gasteiger partial charge in [0, 0.05) is 11.1 Å². The molecular formula is C18H22ClNO4. The van der Waals surface area contributed by atoms with Crippen LogP contribution in [0.4, 0.5) is 5.69 Å². The second-order valence-electron chi connectivity index (χ2n) is 5.89. The monoisotopic (exact) mass is 351 g/mol. The van der Waals surface area contributed by atoms with E-state index in [-0.39, 0.29) is 11.9 Å². The Bertz CT molecular complexity index is 657. The smallest absolute Gasteiger partial charge is 0.307 e. The van der Waals surface area contributed by atoms with Crippen LogP contribution in [0.25, 0.3) is 0 Å². The molecule has 5 nitrogen and oxygen atoms in total. The zero-order valence-corrected chi connectivity index (χ0v) is 14.9. The van der Waals surface area contributed by atoms with Gasteiger partial charge in [0.1, 0.15) is 5.75 Å². The predicted molar refractivity (Wildman–Crippen MR) is 93.4 cm³/mol. The Hall–Kier alpha value is -2.01. The highest BCUT2D eigenvalue weighted by atomic mass is 35.5. The molecule has 1 aromatic carbocycles. The number of methoxy groups -OCH3 is 1. The van der Waals surface area contributed by atoms with Crippen LogP contribution in [-0.4, -0.2) is 25.1 Å². The first kappa shape index (κ1) is 18.3. The van der Waals surface area contributed by atoms with Gasteiger partial charge in [-0.1, -0.05) is 23.8 Å². The molecule has 2 atom stereocenters. The molecule has 2 rings (SSSR count). The number of aryl methyl sites for hydroxylation is 1. The number of rotatable bonds is 6. The van der Waals surface area contributed by atoms with Crippen molar-refractivity contribution in [3.8, 4) is 5.75 Å². The Labute approximate surface area is 147 Å². The SMILES string of the molecule is COc1cc(Cl)c(C)cc1NC(=O)[C@H](C)OC(=O)C[C@H]1C=CCC1. The maximum atomic E-state index is 12.3. The van der Waals surface area contributed by atoms with Crippen molar-refractivity contribution in [1.82, 2.24) is 0 Å². The number of amides is 1. The number of hydrogen-bond acceptors (Lipinski definition) is 4. The molecule has 130 valence electrons. The fourth-order valence-corrected chi connectivity index (χ4v) is 2.70. The van der Waals surface area contributed by atoms with E-state index in [4.69, 9.17) is 21.1 Å². The minimum Gasteiger partial charge on any atom is -0.495 e. The Morgan fingerprint density at radius 3 is 2.79 bits per heavy atom. The number of carbonyl (C=O) groups is 2. The van der Waals surface area contributed by atoms with Crippen LogP contribution in [0.1, 0.15) is 31.7 Å². The second-order valence-corrected chi connectivity index (χ2v) is 6.30. The summed E-state index contributed by atoms with van der Waals surface area (Å²) < 4.78 is 10.4. The van der Waals surface area contributed by atoms with E-state index < -0.39 is 12.0 Å². The first-order valence-electron chi connectivity index (χ1n) is 7.92. The average molecular weight is 352 g/mol.